The van der Waals surface area contributed by atoms with Crippen molar-refractivity contribution in [3.63, 3.8) is 0 Å². The zero-order valence-corrected chi connectivity index (χ0v) is 18.9. The summed E-state index contributed by atoms with van der Waals surface area (Å²) in [7, 11) is 2.04. The number of aryl methyl sites for hydroxylation is 1. The third-order valence-electron chi connectivity index (χ3n) is 4.43. The topological polar surface area (TPSA) is 65.1 Å². The Morgan fingerprint density at radius 3 is 2.14 bits per heavy atom. The van der Waals surface area contributed by atoms with E-state index in [-0.39, 0.29) is 16.5 Å². The normalized spacial score (nSPS) is 11.6. The lowest BCUT2D eigenvalue weighted by Crippen LogP contribution is -2.28. The Kier molecular flexibility index (Phi) is 7.09. The van der Waals surface area contributed by atoms with Gasteiger partial charge in [-0.05, 0) is 37.1 Å². The van der Waals surface area contributed by atoms with Gasteiger partial charge >= 0.3 is 0 Å². The maximum absolute atomic E-state index is 13.2. The molecule has 2 aromatic carbocycles. The summed E-state index contributed by atoms with van der Waals surface area (Å²) in [5.41, 5.74) is 1.61. The number of hydrogen-bond donors (Lipinski definition) is 0. The van der Waals surface area contributed by atoms with E-state index < -0.39 is 10.0 Å². The first-order chi connectivity index (χ1) is 13.1. The molecule has 28 heavy (non-hydrogen) atoms. The van der Waals surface area contributed by atoms with Crippen molar-refractivity contribution in [2.45, 2.75) is 25.3 Å². The van der Waals surface area contributed by atoms with Crippen molar-refractivity contribution in [3.8, 4) is 17.2 Å². The molecule has 9 heteroatoms. The fourth-order valence-electron chi connectivity index (χ4n) is 2.89. The molecule has 0 radical (unpaired) electrons. The third kappa shape index (κ3) is 4.03. The van der Waals surface area contributed by atoms with Crippen molar-refractivity contribution >= 4 is 33.2 Å². The molecule has 0 heterocycles. The predicted molar refractivity (Wildman–Crippen MR) is 111 cm³/mol. The van der Waals surface area contributed by atoms with E-state index in [1.807, 2.05) is 0 Å². The second-order valence-electron chi connectivity index (χ2n) is 6.20. The quantitative estimate of drug-likeness (QED) is 0.626. The standard InChI is InChI=1S/C19H23Cl2NO5S/c1-11-9-14(20)12(2)19(16(11)21)28(23,24)22(3)10-13-7-8-15(25-4)18(27-6)17(13)26-5/h7-9H,10H2,1-6H3. The second kappa shape index (κ2) is 8.78. The predicted octanol–water partition coefficient (Wildman–Crippen LogP) is 4.46. The molecule has 0 aliphatic heterocycles. The summed E-state index contributed by atoms with van der Waals surface area (Å²) >= 11 is 12.5. The molecule has 0 aliphatic rings. The maximum Gasteiger partial charge on any atom is 0.244 e. The molecule has 0 saturated heterocycles. The van der Waals surface area contributed by atoms with Crippen molar-refractivity contribution in [1.82, 2.24) is 4.31 Å². The summed E-state index contributed by atoms with van der Waals surface area (Å²) in [6.07, 6.45) is 0. The smallest absolute Gasteiger partial charge is 0.244 e. The Hall–Kier alpha value is -1.67. The summed E-state index contributed by atoms with van der Waals surface area (Å²) in [5.74, 6) is 1.27. The van der Waals surface area contributed by atoms with Gasteiger partial charge in [0, 0.05) is 24.2 Å². The molecule has 154 valence electrons. The van der Waals surface area contributed by atoms with Crippen LogP contribution in [0.2, 0.25) is 10.0 Å². The Bertz CT molecular complexity index is 966. The monoisotopic (exact) mass is 447 g/mol. The summed E-state index contributed by atoms with van der Waals surface area (Å²) < 4.78 is 43.8. The lowest BCUT2D eigenvalue weighted by molar-refractivity contribution is 0.319. The lowest BCUT2D eigenvalue weighted by Gasteiger charge is -2.23. The minimum absolute atomic E-state index is 0.00103. The molecule has 0 N–H and O–H groups in total. The fourth-order valence-corrected chi connectivity index (χ4v) is 5.20. The van der Waals surface area contributed by atoms with E-state index >= 15 is 0 Å². The van der Waals surface area contributed by atoms with Crippen molar-refractivity contribution in [2.75, 3.05) is 28.4 Å². The number of sulfonamides is 1. The zero-order valence-electron chi connectivity index (χ0n) is 16.6. The molecular weight excluding hydrogens is 425 g/mol. The first-order valence-electron chi connectivity index (χ1n) is 8.29. The highest BCUT2D eigenvalue weighted by Crippen LogP contribution is 2.41. The van der Waals surface area contributed by atoms with E-state index in [0.717, 1.165) is 0 Å². The average molecular weight is 448 g/mol. The molecule has 0 saturated carbocycles. The van der Waals surface area contributed by atoms with Crippen LogP contribution in [0, 0.1) is 13.8 Å². The average Bonchev–Trinajstić information content (AvgIpc) is 2.65. The van der Waals surface area contributed by atoms with Crippen LogP contribution in [0.3, 0.4) is 0 Å². The molecule has 0 amide bonds. The number of benzene rings is 2. The maximum atomic E-state index is 13.2. The summed E-state index contributed by atoms with van der Waals surface area (Å²) in [6.45, 7) is 3.38. The van der Waals surface area contributed by atoms with E-state index in [1.165, 1.54) is 32.7 Å². The summed E-state index contributed by atoms with van der Waals surface area (Å²) in [5, 5.41) is 0.505. The van der Waals surface area contributed by atoms with Gasteiger partial charge in [0.25, 0.3) is 0 Å². The van der Waals surface area contributed by atoms with Crippen LogP contribution in [-0.4, -0.2) is 41.1 Å². The highest BCUT2D eigenvalue weighted by atomic mass is 35.5. The van der Waals surface area contributed by atoms with Gasteiger partial charge in [0.2, 0.25) is 15.8 Å². The molecule has 0 atom stereocenters. The number of hydrogen-bond acceptors (Lipinski definition) is 5. The van der Waals surface area contributed by atoms with Crippen LogP contribution in [-0.2, 0) is 16.6 Å². The van der Waals surface area contributed by atoms with Crippen LogP contribution in [0.25, 0.3) is 0 Å². The van der Waals surface area contributed by atoms with Crippen molar-refractivity contribution in [2.24, 2.45) is 0 Å². The van der Waals surface area contributed by atoms with Crippen molar-refractivity contribution in [1.29, 1.82) is 0 Å². The summed E-state index contributed by atoms with van der Waals surface area (Å²) in [4.78, 5) is 0.00103. The van der Waals surface area contributed by atoms with Crippen LogP contribution >= 0.6 is 23.2 Å². The Balaban J connectivity index is 2.53. The minimum atomic E-state index is -3.91. The Morgan fingerprint density at radius 2 is 1.61 bits per heavy atom. The molecule has 0 spiro atoms. The van der Waals surface area contributed by atoms with Gasteiger partial charge in [-0.3, -0.25) is 0 Å². The molecule has 2 aromatic rings. The third-order valence-corrected chi connectivity index (χ3v) is 7.40. The molecule has 2 rings (SSSR count). The van der Waals surface area contributed by atoms with E-state index in [1.54, 1.807) is 32.0 Å². The van der Waals surface area contributed by atoms with Crippen LogP contribution in [0.5, 0.6) is 17.2 Å². The highest BCUT2D eigenvalue weighted by Gasteiger charge is 2.29. The van der Waals surface area contributed by atoms with Crippen molar-refractivity contribution in [3.05, 3.63) is 44.9 Å². The van der Waals surface area contributed by atoms with Crippen LogP contribution < -0.4 is 14.2 Å². The van der Waals surface area contributed by atoms with E-state index in [4.69, 9.17) is 37.4 Å². The highest BCUT2D eigenvalue weighted by molar-refractivity contribution is 7.89. The number of rotatable bonds is 7. The van der Waals surface area contributed by atoms with Gasteiger partial charge in [0.05, 0.1) is 26.4 Å². The van der Waals surface area contributed by atoms with Crippen molar-refractivity contribution < 1.29 is 22.6 Å². The number of methoxy groups -OCH3 is 3. The first kappa shape index (κ1) is 22.6. The molecule has 0 aliphatic carbocycles. The largest absolute Gasteiger partial charge is 0.493 e. The Labute approximate surface area is 176 Å². The number of nitrogens with zero attached hydrogens (tertiary/aromatic N) is 1. The molecule has 0 aromatic heterocycles. The van der Waals surface area contributed by atoms with Gasteiger partial charge in [-0.2, -0.15) is 4.31 Å². The molecule has 6 nitrogen and oxygen atoms in total. The van der Waals surface area contributed by atoms with Gasteiger partial charge < -0.3 is 14.2 Å². The lowest BCUT2D eigenvalue weighted by atomic mass is 10.1. The molecule has 0 fully saturated rings. The summed E-state index contributed by atoms with van der Waals surface area (Å²) in [6, 6.07) is 5.07. The van der Waals surface area contributed by atoms with Gasteiger partial charge in [0.1, 0.15) is 4.90 Å². The minimum Gasteiger partial charge on any atom is -0.493 e. The zero-order chi connectivity index (χ0) is 21.2. The van der Waals surface area contributed by atoms with Crippen LogP contribution in [0.4, 0.5) is 0 Å². The molecule has 0 bridgehead atoms. The first-order valence-corrected chi connectivity index (χ1v) is 10.5. The van der Waals surface area contributed by atoms with E-state index in [2.05, 4.69) is 0 Å². The van der Waals surface area contributed by atoms with Crippen LogP contribution in [0.1, 0.15) is 16.7 Å². The van der Waals surface area contributed by atoms with Gasteiger partial charge in [-0.25, -0.2) is 8.42 Å². The van der Waals surface area contributed by atoms with Gasteiger partial charge in [0.15, 0.2) is 11.5 Å². The number of halogens is 2. The second-order valence-corrected chi connectivity index (χ2v) is 8.96. The Morgan fingerprint density at radius 1 is 1.00 bits per heavy atom. The SMILES string of the molecule is COc1ccc(CN(C)S(=O)(=O)c2c(C)c(Cl)cc(C)c2Cl)c(OC)c1OC. The molecule has 0 unspecified atom stereocenters. The van der Waals surface area contributed by atoms with E-state index in [0.29, 0.717) is 39.0 Å². The van der Waals surface area contributed by atoms with Crippen LogP contribution in [0.15, 0.2) is 23.1 Å². The van der Waals surface area contributed by atoms with E-state index in [9.17, 15) is 8.42 Å². The molecular formula is C19H23Cl2NO5S. The fraction of sp³-hybridized carbons (Fsp3) is 0.368. The van der Waals surface area contributed by atoms with Gasteiger partial charge in [-0.1, -0.05) is 29.3 Å². The van der Waals surface area contributed by atoms with Gasteiger partial charge in [-0.15, -0.1) is 0 Å². The number of ether oxygens (including phenoxy) is 3.